The maximum Gasteiger partial charge on any atom is 0.134 e. The fourth-order valence-electron chi connectivity index (χ4n) is 2.68. The molecule has 1 nitrogen and oxygen atoms in total. The second kappa shape index (κ2) is 6.07. The topological polar surface area (TPSA) is 12.0 Å². The molecule has 0 spiro atoms. The molecule has 1 aromatic carbocycles. The lowest BCUT2D eigenvalue weighted by Gasteiger charge is -2.17. The first-order valence-corrected chi connectivity index (χ1v) is 8.90. The van der Waals surface area contributed by atoms with E-state index in [2.05, 4.69) is 11.4 Å². The average Bonchev–Trinajstić information content (AvgIpc) is 2.91. The summed E-state index contributed by atoms with van der Waals surface area (Å²) in [5, 5.41) is 3.08. The summed E-state index contributed by atoms with van der Waals surface area (Å²) in [5.74, 6) is 1.19. The summed E-state index contributed by atoms with van der Waals surface area (Å²) in [4.78, 5) is 2.35. The van der Waals surface area contributed by atoms with Crippen LogP contribution in [0.5, 0.6) is 0 Å². The third kappa shape index (κ3) is 2.74. The molecular formula is C16H17F2NS2. The molecule has 0 saturated heterocycles. The van der Waals surface area contributed by atoms with Gasteiger partial charge in [0.25, 0.3) is 0 Å². The van der Waals surface area contributed by atoms with Crippen LogP contribution in [0.3, 0.4) is 0 Å². The molecule has 2 aromatic rings. The van der Waals surface area contributed by atoms with Gasteiger partial charge >= 0.3 is 0 Å². The van der Waals surface area contributed by atoms with Crippen molar-refractivity contribution in [2.75, 3.05) is 12.8 Å². The summed E-state index contributed by atoms with van der Waals surface area (Å²) < 4.78 is 28.5. The average molecular weight is 325 g/mol. The molecule has 1 aliphatic heterocycles. The zero-order valence-corrected chi connectivity index (χ0v) is 13.6. The molecule has 0 bridgehead atoms. The van der Waals surface area contributed by atoms with Crippen molar-refractivity contribution in [3.63, 3.8) is 0 Å². The van der Waals surface area contributed by atoms with Crippen LogP contribution in [0.25, 0.3) is 0 Å². The highest BCUT2D eigenvalue weighted by molar-refractivity contribution is 7.98. The monoisotopic (exact) mass is 325 g/mol. The molecule has 0 amide bonds. The lowest BCUT2D eigenvalue weighted by molar-refractivity contribution is 0.520. The van der Waals surface area contributed by atoms with E-state index in [1.54, 1.807) is 25.3 Å². The molecular weight excluding hydrogens is 308 g/mol. The molecule has 21 heavy (non-hydrogen) atoms. The van der Waals surface area contributed by atoms with Crippen LogP contribution in [0, 0.1) is 18.6 Å². The van der Waals surface area contributed by atoms with Gasteiger partial charge in [-0.05, 0) is 49.4 Å². The molecule has 0 radical (unpaired) electrons. The quantitative estimate of drug-likeness (QED) is 0.896. The highest BCUT2D eigenvalue weighted by Gasteiger charge is 2.25. The molecule has 0 aliphatic carbocycles. The van der Waals surface area contributed by atoms with Gasteiger partial charge < -0.3 is 5.32 Å². The SMILES string of the molecule is CNC(c1cc2c(s1)CCSC2)c1c(F)ccc(C)c1F. The van der Waals surface area contributed by atoms with Gasteiger partial charge in [-0.15, -0.1) is 11.3 Å². The summed E-state index contributed by atoms with van der Waals surface area (Å²) in [6.45, 7) is 1.67. The number of thiophene rings is 1. The molecule has 1 aliphatic rings. The largest absolute Gasteiger partial charge is 0.308 e. The Morgan fingerprint density at radius 2 is 2.10 bits per heavy atom. The minimum Gasteiger partial charge on any atom is -0.308 e. The number of halogens is 2. The third-order valence-corrected chi connectivity index (χ3v) is 6.14. The standard InChI is InChI=1S/C16H17F2NS2/c1-9-3-4-11(17)14(15(9)18)16(19-2)13-7-10-8-20-6-5-12(10)21-13/h3-4,7,16,19H,5-6,8H2,1-2H3. The van der Waals surface area contributed by atoms with Crippen LogP contribution in [0.4, 0.5) is 8.78 Å². The maximum atomic E-state index is 14.4. The molecule has 112 valence electrons. The normalized spacial score (nSPS) is 15.8. The van der Waals surface area contributed by atoms with Crippen molar-refractivity contribution in [2.45, 2.75) is 25.1 Å². The number of fused-ring (bicyclic) bond motifs is 1. The zero-order valence-electron chi connectivity index (χ0n) is 12.0. The lowest BCUT2D eigenvalue weighted by Crippen LogP contribution is -2.20. The van der Waals surface area contributed by atoms with Crippen LogP contribution in [0.1, 0.15) is 32.5 Å². The minimum absolute atomic E-state index is 0.128. The van der Waals surface area contributed by atoms with Gasteiger partial charge in [0.2, 0.25) is 0 Å². The Kier molecular flexibility index (Phi) is 4.33. The van der Waals surface area contributed by atoms with E-state index < -0.39 is 17.7 Å². The van der Waals surface area contributed by atoms with E-state index in [1.165, 1.54) is 22.6 Å². The Morgan fingerprint density at radius 3 is 2.81 bits per heavy atom. The van der Waals surface area contributed by atoms with Gasteiger partial charge in [0.1, 0.15) is 11.6 Å². The second-order valence-corrected chi connectivity index (χ2v) is 7.49. The number of nitrogens with one attached hydrogen (secondary N) is 1. The van der Waals surface area contributed by atoms with Crippen molar-refractivity contribution in [1.29, 1.82) is 0 Å². The Labute approximate surface area is 131 Å². The van der Waals surface area contributed by atoms with Crippen molar-refractivity contribution in [3.05, 3.63) is 56.3 Å². The third-order valence-electron chi connectivity index (χ3n) is 3.83. The Morgan fingerprint density at radius 1 is 1.29 bits per heavy atom. The van der Waals surface area contributed by atoms with Crippen LogP contribution in [-0.2, 0) is 12.2 Å². The van der Waals surface area contributed by atoms with E-state index in [0.29, 0.717) is 5.56 Å². The molecule has 0 fully saturated rings. The van der Waals surface area contributed by atoms with Crippen LogP contribution in [0.15, 0.2) is 18.2 Å². The van der Waals surface area contributed by atoms with Crippen LogP contribution < -0.4 is 5.32 Å². The van der Waals surface area contributed by atoms with Gasteiger partial charge in [0.15, 0.2) is 0 Å². The van der Waals surface area contributed by atoms with Gasteiger partial charge in [-0.2, -0.15) is 11.8 Å². The number of rotatable bonds is 3. The highest BCUT2D eigenvalue weighted by atomic mass is 32.2. The first-order valence-electron chi connectivity index (χ1n) is 6.92. The maximum absolute atomic E-state index is 14.4. The van der Waals surface area contributed by atoms with Gasteiger partial charge in [-0.1, -0.05) is 6.07 Å². The Hall–Kier alpha value is -0.910. The van der Waals surface area contributed by atoms with Gasteiger partial charge in [-0.25, -0.2) is 8.78 Å². The summed E-state index contributed by atoms with van der Waals surface area (Å²) in [7, 11) is 1.75. The smallest absolute Gasteiger partial charge is 0.134 e. The fourth-order valence-corrected chi connectivity index (χ4v) is 5.18. The number of aryl methyl sites for hydroxylation is 2. The molecule has 5 heteroatoms. The van der Waals surface area contributed by atoms with Crippen molar-refractivity contribution >= 4 is 23.1 Å². The van der Waals surface area contributed by atoms with Gasteiger partial charge in [0, 0.05) is 21.1 Å². The van der Waals surface area contributed by atoms with E-state index >= 15 is 0 Å². The first-order chi connectivity index (χ1) is 10.1. The van der Waals surface area contributed by atoms with E-state index in [1.807, 2.05) is 11.8 Å². The van der Waals surface area contributed by atoms with Crippen LogP contribution in [0.2, 0.25) is 0 Å². The molecule has 1 atom stereocenters. The van der Waals surface area contributed by atoms with E-state index in [9.17, 15) is 8.78 Å². The fraction of sp³-hybridized carbons (Fsp3) is 0.375. The number of thioether (sulfide) groups is 1. The van der Waals surface area contributed by atoms with Crippen LogP contribution >= 0.6 is 23.1 Å². The van der Waals surface area contributed by atoms with Gasteiger partial charge in [0.05, 0.1) is 6.04 Å². The van der Waals surface area contributed by atoms with Crippen molar-refractivity contribution in [3.8, 4) is 0 Å². The summed E-state index contributed by atoms with van der Waals surface area (Å²) in [6.07, 6.45) is 1.06. The summed E-state index contributed by atoms with van der Waals surface area (Å²) in [5.41, 5.74) is 1.92. The molecule has 0 saturated carbocycles. The second-order valence-electron chi connectivity index (χ2n) is 5.21. The number of hydrogen-bond donors (Lipinski definition) is 1. The lowest BCUT2D eigenvalue weighted by atomic mass is 10.0. The van der Waals surface area contributed by atoms with Gasteiger partial charge in [-0.3, -0.25) is 0 Å². The number of hydrogen-bond acceptors (Lipinski definition) is 3. The van der Waals surface area contributed by atoms with Crippen molar-refractivity contribution < 1.29 is 8.78 Å². The van der Waals surface area contributed by atoms with Crippen molar-refractivity contribution in [1.82, 2.24) is 5.32 Å². The molecule has 3 rings (SSSR count). The Bertz CT molecular complexity index is 643. The zero-order chi connectivity index (χ0) is 15.0. The predicted octanol–water partition coefficient (Wildman–Crippen LogP) is 4.43. The predicted molar refractivity (Wildman–Crippen MR) is 86.2 cm³/mol. The van der Waals surface area contributed by atoms with E-state index in [-0.39, 0.29) is 5.56 Å². The summed E-state index contributed by atoms with van der Waals surface area (Å²) >= 11 is 3.59. The van der Waals surface area contributed by atoms with E-state index in [0.717, 1.165) is 22.8 Å². The molecule has 1 N–H and O–H groups in total. The Balaban J connectivity index is 2.06. The van der Waals surface area contributed by atoms with Crippen LogP contribution in [-0.4, -0.2) is 12.8 Å². The summed E-state index contributed by atoms with van der Waals surface area (Å²) in [6, 6.07) is 4.51. The first kappa shape index (κ1) is 15.0. The van der Waals surface area contributed by atoms with E-state index in [4.69, 9.17) is 0 Å². The molecule has 2 heterocycles. The minimum atomic E-state index is -0.488. The van der Waals surface area contributed by atoms with Crippen molar-refractivity contribution in [2.24, 2.45) is 0 Å². The number of benzene rings is 1. The molecule has 1 unspecified atom stereocenters. The molecule has 1 aromatic heterocycles. The highest BCUT2D eigenvalue weighted by Crippen LogP contribution is 2.38.